The molecule has 5 nitrogen and oxygen atoms in total. The highest BCUT2D eigenvalue weighted by Crippen LogP contribution is 2.15. The largest absolute Gasteiger partial charge is 0.340 e. The number of amides is 2. The average molecular weight is 359 g/mol. The third kappa shape index (κ3) is 6.32. The topological polar surface area (TPSA) is 61.4 Å². The van der Waals surface area contributed by atoms with E-state index < -0.39 is 0 Å². The summed E-state index contributed by atoms with van der Waals surface area (Å²) in [6, 6.07) is 11.2. The Hall–Kier alpha value is -2.18. The fourth-order valence-corrected chi connectivity index (χ4v) is 3.18. The van der Waals surface area contributed by atoms with Gasteiger partial charge < -0.3 is 15.5 Å². The molecule has 2 amide bonds. The molecule has 1 heterocycles. The van der Waals surface area contributed by atoms with E-state index in [0.29, 0.717) is 24.2 Å². The van der Waals surface area contributed by atoms with E-state index in [-0.39, 0.29) is 11.8 Å². The first-order valence-corrected chi connectivity index (χ1v) is 9.30. The summed E-state index contributed by atoms with van der Waals surface area (Å²) in [5.74, 6) is -0.0752. The lowest BCUT2D eigenvalue weighted by Crippen LogP contribution is -2.32. The molecule has 0 unspecified atom stereocenters. The number of nitrogens with zero attached hydrogens (tertiary/aromatic N) is 1. The van der Waals surface area contributed by atoms with E-state index in [1.54, 1.807) is 41.5 Å². The van der Waals surface area contributed by atoms with E-state index in [1.807, 2.05) is 24.6 Å². The maximum Gasteiger partial charge on any atom is 0.253 e. The van der Waals surface area contributed by atoms with Gasteiger partial charge in [-0.25, -0.2) is 0 Å². The van der Waals surface area contributed by atoms with Gasteiger partial charge >= 0.3 is 0 Å². The molecule has 0 fully saturated rings. The quantitative estimate of drug-likeness (QED) is 0.723. The highest BCUT2D eigenvalue weighted by Gasteiger charge is 2.12. The fraction of sp³-hybridized carbons (Fsp3) is 0.368. The van der Waals surface area contributed by atoms with Gasteiger partial charge in [0.05, 0.1) is 0 Å². The first-order chi connectivity index (χ1) is 12.1. The highest BCUT2D eigenvalue weighted by atomic mass is 32.1. The van der Waals surface area contributed by atoms with Crippen molar-refractivity contribution in [2.45, 2.75) is 19.3 Å². The third-order valence-electron chi connectivity index (χ3n) is 3.84. The minimum Gasteiger partial charge on any atom is -0.340 e. The summed E-state index contributed by atoms with van der Waals surface area (Å²) >= 11 is 1.71. The zero-order chi connectivity index (χ0) is 18.1. The number of hydrogen-bond acceptors (Lipinski definition) is 4. The van der Waals surface area contributed by atoms with Crippen LogP contribution in [-0.4, -0.2) is 43.9 Å². The fourth-order valence-electron chi connectivity index (χ4n) is 2.43. The number of rotatable bonds is 9. The molecule has 0 bridgehead atoms. The maximum absolute atomic E-state index is 12.4. The van der Waals surface area contributed by atoms with E-state index in [9.17, 15) is 9.59 Å². The molecule has 0 aliphatic carbocycles. The van der Waals surface area contributed by atoms with E-state index in [1.165, 1.54) is 4.88 Å². The number of likely N-dealkylation sites (N-methyl/N-ethyl adjacent to an activating group) is 2. The average Bonchev–Trinajstić information content (AvgIpc) is 3.12. The van der Waals surface area contributed by atoms with Gasteiger partial charge in [-0.15, -0.1) is 11.3 Å². The van der Waals surface area contributed by atoms with E-state index in [0.717, 1.165) is 19.4 Å². The first-order valence-electron chi connectivity index (χ1n) is 8.42. The summed E-state index contributed by atoms with van der Waals surface area (Å²) < 4.78 is 0. The second-order valence-corrected chi connectivity index (χ2v) is 6.92. The zero-order valence-corrected chi connectivity index (χ0v) is 15.6. The van der Waals surface area contributed by atoms with Crippen molar-refractivity contribution in [3.8, 4) is 0 Å². The molecule has 0 atom stereocenters. The minimum atomic E-state index is -0.0518. The van der Waals surface area contributed by atoms with E-state index in [4.69, 9.17) is 0 Å². The lowest BCUT2D eigenvalue weighted by molar-refractivity contribution is -0.116. The number of carbonyl (C=O) groups excluding carboxylic acids is 2. The number of carbonyl (C=O) groups is 2. The maximum atomic E-state index is 12.4. The van der Waals surface area contributed by atoms with Gasteiger partial charge in [-0.1, -0.05) is 12.1 Å². The smallest absolute Gasteiger partial charge is 0.253 e. The molecule has 1 aromatic carbocycles. The van der Waals surface area contributed by atoms with Crippen LogP contribution in [0.5, 0.6) is 0 Å². The van der Waals surface area contributed by atoms with Crippen LogP contribution >= 0.6 is 11.3 Å². The van der Waals surface area contributed by atoms with Crippen LogP contribution < -0.4 is 10.6 Å². The molecule has 0 spiro atoms. The van der Waals surface area contributed by atoms with Crippen molar-refractivity contribution in [2.75, 3.05) is 32.5 Å². The van der Waals surface area contributed by atoms with Gasteiger partial charge in [0.15, 0.2) is 0 Å². The summed E-state index contributed by atoms with van der Waals surface area (Å²) in [6.07, 6.45) is 2.20. The monoisotopic (exact) mass is 359 g/mol. The summed E-state index contributed by atoms with van der Waals surface area (Å²) in [6.45, 7) is 1.37. The van der Waals surface area contributed by atoms with E-state index >= 15 is 0 Å². The Bertz CT molecular complexity index is 686. The van der Waals surface area contributed by atoms with Crippen molar-refractivity contribution in [3.63, 3.8) is 0 Å². The molecular weight excluding hydrogens is 334 g/mol. The SMILES string of the molecule is CNCCN(C)C(=O)c1cccc(NC(=O)CCCc2cccs2)c1. The van der Waals surface area contributed by atoms with Gasteiger partial charge in [-0.3, -0.25) is 9.59 Å². The molecule has 0 aliphatic heterocycles. The van der Waals surface area contributed by atoms with Crippen LogP contribution in [0.1, 0.15) is 28.1 Å². The number of benzene rings is 1. The van der Waals surface area contributed by atoms with Crippen molar-refractivity contribution in [2.24, 2.45) is 0 Å². The molecule has 134 valence electrons. The standard InChI is InChI=1S/C19H25N3O2S/c1-20-11-12-22(2)19(24)15-6-3-7-16(14-15)21-18(23)10-4-8-17-9-5-13-25-17/h3,5-7,9,13-14,20H,4,8,10-12H2,1-2H3,(H,21,23). The summed E-state index contributed by atoms with van der Waals surface area (Å²) in [5, 5.41) is 7.95. The van der Waals surface area contributed by atoms with Crippen LogP contribution in [0.4, 0.5) is 5.69 Å². The van der Waals surface area contributed by atoms with Gasteiger partial charge in [0.2, 0.25) is 5.91 Å². The number of thiophene rings is 1. The Morgan fingerprint density at radius 2 is 2.04 bits per heavy atom. The molecule has 1 aromatic heterocycles. The highest BCUT2D eigenvalue weighted by molar-refractivity contribution is 7.09. The molecule has 2 N–H and O–H groups in total. The molecule has 0 saturated carbocycles. The van der Waals surface area contributed by atoms with Gasteiger partial charge in [-0.05, 0) is 49.5 Å². The predicted octanol–water partition coefficient (Wildman–Crippen LogP) is 3.00. The molecule has 0 aliphatic rings. The number of aryl methyl sites for hydroxylation is 1. The second-order valence-electron chi connectivity index (χ2n) is 5.89. The van der Waals surface area contributed by atoms with Crippen molar-refractivity contribution in [1.82, 2.24) is 10.2 Å². The zero-order valence-electron chi connectivity index (χ0n) is 14.7. The van der Waals surface area contributed by atoms with Gasteiger partial charge in [0.25, 0.3) is 5.91 Å². The Morgan fingerprint density at radius 1 is 1.20 bits per heavy atom. The first kappa shape index (κ1) is 19.1. The summed E-state index contributed by atoms with van der Waals surface area (Å²) in [4.78, 5) is 27.4. The van der Waals surface area contributed by atoms with Gasteiger partial charge in [0.1, 0.15) is 0 Å². The van der Waals surface area contributed by atoms with Crippen LogP contribution in [0.15, 0.2) is 41.8 Å². The Morgan fingerprint density at radius 3 is 2.76 bits per heavy atom. The molecule has 0 saturated heterocycles. The van der Waals surface area contributed by atoms with Crippen LogP contribution in [0.3, 0.4) is 0 Å². The van der Waals surface area contributed by atoms with Crippen molar-refractivity contribution >= 4 is 28.8 Å². The lowest BCUT2D eigenvalue weighted by Gasteiger charge is -2.17. The Balaban J connectivity index is 1.85. The van der Waals surface area contributed by atoms with Crippen LogP contribution in [0.25, 0.3) is 0 Å². The second kappa shape index (κ2) is 9.96. The lowest BCUT2D eigenvalue weighted by atomic mass is 10.1. The minimum absolute atomic E-state index is 0.0234. The molecule has 6 heteroatoms. The molecule has 2 rings (SSSR count). The van der Waals surface area contributed by atoms with Gasteiger partial charge in [-0.2, -0.15) is 0 Å². The van der Waals surface area contributed by atoms with Crippen LogP contribution in [0.2, 0.25) is 0 Å². The number of anilines is 1. The Labute approximate surface area is 153 Å². The number of hydrogen-bond donors (Lipinski definition) is 2. The van der Waals surface area contributed by atoms with Crippen LogP contribution in [-0.2, 0) is 11.2 Å². The van der Waals surface area contributed by atoms with Crippen LogP contribution in [0, 0.1) is 0 Å². The number of nitrogens with one attached hydrogen (secondary N) is 2. The third-order valence-corrected chi connectivity index (χ3v) is 4.78. The van der Waals surface area contributed by atoms with Crippen molar-refractivity contribution < 1.29 is 9.59 Å². The summed E-state index contributed by atoms with van der Waals surface area (Å²) in [7, 11) is 3.63. The van der Waals surface area contributed by atoms with Gasteiger partial charge in [0, 0.05) is 42.7 Å². The predicted molar refractivity (Wildman–Crippen MR) is 103 cm³/mol. The normalized spacial score (nSPS) is 10.5. The van der Waals surface area contributed by atoms with Crippen molar-refractivity contribution in [3.05, 3.63) is 52.2 Å². The summed E-state index contributed by atoms with van der Waals surface area (Å²) in [5.41, 5.74) is 1.24. The van der Waals surface area contributed by atoms with Crippen molar-refractivity contribution in [1.29, 1.82) is 0 Å². The molecule has 25 heavy (non-hydrogen) atoms. The molecule has 2 aromatic rings. The molecule has 0 radical (unpaired) electrons. The Kier molecular flexibility index (Phi) is 7.63. The van der Waals surface area contributed by atoms with E-state index in [2.05, 4.69) is 16.7 Å². The molecular formula is C19H25N3O2S.